The quantitative estimate of drug-likeness (QED) is 0.587. The van der Waals surface area contributed by atoms with Crippen LogP contribution in [-0.2, 0) is 0 Å². The van der Waals surface area contributed by atoms with Gasteiger partial charge in [0.05, 0.1) is 5.69 Å². The number of amides is 1. The Bertz CT molecular complexity index is 1040. The summed E-state index contributed by atoms with van der Waals surface area (Å²) in [6, 6.07) is 14.2. The number of nitrogens with one attached hydrogen (secondary N) is 2. The van der Waals surface area contributed by atoms with Gasteiger partial charge in [-0.2, -0.15) is 5.10 Å². The molecule has 1 amide bonds. The third kappa shape index (κ3) is 3.20. The first-order valence-corrected chi connectivity index (χ1v) is 7.88. The number of hydrogen-bond acceptors (Lipinski definition) is 6. The minimum absolute atomic E-state index is 0.110. The highest BCUT2D eigenvalue weighted by Crippen LogP contribution is 2.20. The highest BCUT2D eigenvalue weighted by atomic mass is 16.5. The van der Waals surface area contributed by atoms with E-state index in [0.717, 1.165) is 11.4 Å². The average Bonchev–Trinajstić information content (AvgIpc) is 3.32. The van der Waals surface area contributed by atoms with Crippen molar-refractivity contribution in [3.63, 3.8) is 0 Å². The second kappa shape index (κ2) is 6.60. The number of carbonyl (C=O) groups excluding carboxylic acids is 1. The lowest BCUT2D eigenvalue weighted by molar-refractivity contribution is 0.0988. The molecule has 8 nitrogen and oxygen atoms in total. The Kier molecular flexibility index (Phi) is 3.98. The van der Waals surface area contributed by atoms with Gasteiger partial charge in [0, 0.05) is 23.5 Å². The van der Waals surface area contributed by atoms with E-state index < -0.39 is 0 Å². The summed E-state index contributed by atoms with van der Waals surface area (Å²) in [7, 11) is 0. The van der Waals surface area contributed by atoms with E-state index in [-0.39, 0.29) is 11.7 Å². The lowest BCUT2D eigenvalue weighted by Crippen LogP contribution is -2.10. The highest BCUT2D eigenvalue weighted by Gasteiger charge is 2.15. The van der Waals surface area contributed by atoms with E-state index in [2.05, 4.69) is 30.6 Å². The van der Waals surface area contributed by atoms with Gasteiger partial charge in [-0.1, -0.05) is 11.2 Å². The summed E-state index contributed by atoms with van der Waals surface area (Å²) in [4.78, 5) is 20.8. The van der Waals surface area contributed by atoms with Gasteiger partial charge in [0.1, 0.15) is 11.5 Å². The topological polar surface area (TPSA) is 110 Å². The Hall–Kier alpha value is -3.81. The highest BCUT2D eigenvalue weighted by molar-refractivity contribution is 6.02. The van der Waals surface area contributed by atoms with Gasteiger partial charge in [0.15, 0.2) is 5.82 Å². The largest absolute Gasteiger partial charge is 0.350 e. The van der Waals surface area contributed by atoms with E-state index in [1.807, 2.05) is 25.1 Å². The van der Waals surface area contributed by atoms with Crippen molar-refractivity contribution in [3.8, 4) is 22.8 Å². The van der Waals surface area contributed by atoms with Crippen molar-refractivity contribution in [3.05, 3.63) is 66.3 Å². The second-order valence-electron chi connectivity index (χ2n) is 5.57. The maximum Gasteiger partial charge on any atom is 0.294 e. The van der Waals surface area contributed by atoms with Crippen LogP contribution >= 0.6 is 0 Å². The molecule has 0 spiro atoms. The van der Waals surface area contributed by atoms with Gasteiger partial charge in [-0.15, -0.1) is 0 Å². The Morgan fingerprint density at radius 3 is 2.65 bits per heavy atom. The second-order valence-corrected chi connectivity index (χ2v) is 5.57. The molecule has 4 aromatic rings. The van der Waals surface area contributed by atoms with E-state index in [1.165, 1.54) is 0 Å². The normalized spacial score (nSPS) is 10.7. The fourth-order valence-electron chi connectivity index (χ4n) is 2.38. The minimum atomic E-state index is -0.388. The number of benzene rings is 1. The van der Waals surface area contributed by atoms with Gasteiger partial charge in [-0.3, -0.25) is 14.9 Å². The molecule has 128 valence electrons. The molecule has 0 aliphatic rings. The SMILES string of the molecule is Cc1nc(-c2ccc(NC(=O)c3cc(-c4ccccn4)no3)cc2)n[nH]1. The van der Waals surface area contributed by atoms with Gasteiger partial charge in [0.2, 0.25) is 5.76 Å². The number of carbonyl (C=O) groups is 1. The van der Waals surface area contributed by atoms with E-state index in [4.69, 9.17) is 4.52 Å². The number of aromatic amines is 1. The summed E-state index contributed by atoms with van der Waals surface area (Å²) < 4.78 is 5.12. The molecule has 0 saturated carbocycles. The summed E-state index contributed by atoms with van der Waals surface area (Å²) in [6.45, 7) is 1.84. The number of pyridine rings is 1. The van der Waals surface area contributed by atoms with Crippen LogP contribution in [0, 0.1) is 6.92 Å². The maximum atomic E-state index is 12.3. The van der Waals surface area contributed by atoms with Gasteiger partial charge < -0.3 is 9.84 Å². The predicted molar refractivity (Wildman–Crippen MR) is 94.2 cm³/mol. The van der Waals surface area contributed by atoms with E-state index in [9.17, 15) is 4.79 Å². The van der Waals surface area contributed by atoms with Gasteiger partial charge in [-0.05, 0) is 43.3 Å². The first kappa shape index (κ1) is 15.7. The Balaban J connectivity index is 1.47. The third-order valence-electron chi connectivity index (χ3n) is 3.66. The lowest BCUT2D eigenvalue weighted by atomic mass is 10.2. The molecule has 0 fully saturated rings. The standard InChI is InChI=1S/C18H14N6O2/c1-11-20-17(23-22-11)12-5-7-13(8-6-12)21-18(25)16-10-15(24-26-16)14-4-2-3-9-19-14/h2-10H,1H3,(H,21,25)(H,20,22,23). The Morgan fingerprint density at radius 2 is 1.96 bits per heavy atom. The van der Waals surface area contributed by atoms with E-state index in [1.54, 1.807) is 36.5 Å². The molecule has 0 atom stereocenters. The van der Waals surface area contributed by atoms with Gasteiger partial charge in [0.25, 0.3) is 5.91 Å². The number of aromatic nitrogens is 5. The fourth-order valence-corrected chi connectivity index (χ4v) is 2.38. The molecule has 26 heavy (non-hydrogen) atoms. The Labute approximate surface area is 148 Å². The summed E-state index contributed by atoms with van der Waals surface area (Å²) in [5, 5.41) is 13.6. The Morgan fingerprint density at radius 1 is 1.12 bits per heavy atom. The number of nitrogens with zero attached hydrogens (tertiary/aromatic N) is 4. The van der Waals surface area contributed by atoms with Crippen molar-refractivity contribution in [2.24, 2.45) is 0 Å². The average molecular weight is 346 g/mol. The minimum Gasteiger partial charge on any atom is -0.350 e. The zero-order valence-corrected chi connectivity index (χ0v) is 13.8. The van der Waals surface area contributed by atoms with Crippen LogP contribution in [0.3, 0.4) is 0 Å². The van der Waals surface area contributed by atoms with Gasteiger partial charge >= 0.3 is 0 Å². The first-order chi connectivity index (χ1) is 12.7. The molecule has 0 aliphatic carbocycles. The predicted octanol–water partition coefficient (Wildman–Crippen LogP) is 3.08. The summed E-state index contributed by atoms with van der Waals surface area (Å²) >= 11 is 0. The molecule has 2 N–H and O–H groups in total. The number of rotatable bonds is 4. The maximum absolute atomic E-state index is 12.3. The van der Waals surface area contributed by atoms with Crippen LogP contribution in [0.15, 0.2) is 59.3 Å². The zero-order chi connectivity index (χ0) is 17.9. The molecule has 0 unspecified atom stereocenters. The van der Waals surface area contributed by atoms with Crippen LogP contribution < -0.4 is 5.32 Å². The van der Waals surface area contributed by atoms with E-state index in [0.29, 0.717) is 22.9 Å². The third-order valence-corrected chi connectivity index (χ3v) is 3.66. The number of anilines is 1. The molecule has 0 saturated heterocycles. The molecule has 0 radical (unpaired) electrons. The molecule has 4 rings (SSSR count). The lowest BCUT2D eigenvalue weighted by Gasteiger charge is -2.03. The summed E-state index contributed by atoms with van der Waals surface area (Å²) in [6.07, 6.45) is 1.65. The van der Waals surface area contributed by atoms with E-state index >= 15 is 0 Å². The van der Waals surface area contributed by atoms with Crippen LogP contribution in [0.25, 0.3) is 22.8 Å². The van der Waals surface area contributed by atoms with Crippen molar-refractivity contribution < 1.29 is 9.32 Å². The molecule has 8 heteroatoms. The summed E-state index contributed by atoms with van der Waals surface area (Å²) in [5.74, 6) is 1.07. The summed E-state index contributed by atoms with van der Waals surface area (Å²) in [5.41, 5.74) is 2.62. The van der Waals surface area contributed by atoms with Crippen LogP contribution in [0.1, 0.15) is 16.4 Å². The fraction of sp³-hybridized carbons (Fsp3) is 0.0556. The molecule has 3 aromatic heterocycles. The molecule has 1 aromatic carbocycles. The molecule has 0 bridgehead atoms. The number of H-pyrrole nitrogens is 1. The van der Waals surface area contributed by atoms with Crippen molar-refractivity contribution in [1.82, 2.24) is 25.3 Å². The van der Waals surface area contributed by atoms with Crippen molar-refractivity contribution >= 4 is 11.6 Å². The zero-order valence-electron chi connectivity index (χ0n) is 13.8. The van der Waals surface area contributed by atoms with Crippen molar-refractivity contribution in [2.45, 2.75) is 6.92 Å². The van der Waals surface area contributed by atoms with Crippen LogP contribution in [-0.4, -0.2) is 31.2 Å². The molecular weight excluding hydrogens is 332 g/mol. The van der Waals surface area contributed by atoms with Crippen molar-refractivity contribution in [1.29, 1.82) is 0 Å². The van der Waals surface area contributed by atoms with Crippen LogP contribution in [0.2, 0.25) is 0 Å². The van der Waals surface area contributed by atoms with Crippen molar-refractivity contribution in [2.75, 3.05) is 5.32 Å². The monoisotopic (exact) mass is 346 g/mol. The molecule has 3 heterocycles. The molecule has 0 aliphatic heterocycles. The molecular formula is C18H14N6O2. The first-order valence-electron chi connectivity index (χ1n) is 7.88. The van der Waals surface area contributed by atoms with Crippen LogP contribution in [0.4, 0.5) is 5.69 Å². The number of hydrogen-bond donors (Lipinski definition) is 2. The smallest absolute Gasteiger partial charge is 0.294 e. The van der Waals surface area contributed by atoms with Gasteiger partial charge in [-0.25, -0.2) is 4.98 Å². The number of aryl methyl sites for hydroxylation is 1. The van der Waals surface area contributed by atoms with Crippen LogP contribution in [0.5, 0.6) is 0 Å².